The molecule has 0 aliphatic carbocycles. The number of carbonyl (C=O) groups excluding carboxylic acids is 2. The van der Waals surface area contributed by atoms with Gasteiger partial charge >= 0.3 is 5.97 Å². The fourth-order valence-electron chi connectivity index (χ4n) is 3.37. The first-order valence-corrected chi connectivity index (χ1v) is 10.3. The van der Waals surface area contributed by atoms with Crippen LogP contribution in [0.2, 0.25) is 0 Å². The van der Waals surface area contributed by atoms with Crippen molar-refractivity contribution in [3.05, 3.63) is 71.8 Å². The molecule has 166 valence electrons. The number of hydrogen-bond acceptors (Lipinski definition) is 7. The van der Waals surface area contributed by atoms with E-state index in [9.17, 15) is 14.7 Å². The molecule has 3 atom stereocenters. The first-order chi connectivity index (χ1) is 15.0. The van der Waals surface area contributed by atoms with Crippen LogP contribution < -0.4 is 11.1 Å². The van der Waals surface area contributed by atoms with Gasteiger partial charge in [0.15, 0.2) is 6.04 Å². The lowest BCUT2D eigenvalue weighted by Crippen LogP contribution is -2.55. The zero-order chi connectivity index (χ0) is 22.1. The number of ether oxygens (including phenoxy) is 2. The van der Waals surface area contributed by atoms with Crippen LogP contribution in [-0.4, -0.2) is 66.8 Å². The summed E-state index contributed by atoms with van der Waals surface area (Å²) in [6, 6.07) is 16.1. The number of rotatable bonds is 9. The molecule has 1 amide bonds. The van der Waals surface area contributed by atoms with E-state index >= 15 is 0 Å². The highest BCUT2D eigenvalue weighted by Gasteiger charge is 2.31. The first-order valence-electron chi connectivity index (χ1n) is 10.3. The molecule has 0 radical (unpaired) electrons. The lowest BCUT2D eigenvalue weighted by molar-refractivity contribution is -0.150. The van der Waals surface area contributed by atoms with E-state index in [0.717, 1.165) is 5.56 Å². The van der Waals surface area contributed by atoms with Crippen molar-refractivity contribution in [3.63, 3.8) is 0 Å². The molecule has 1 aliphatic heterocycles. The Morgan fingerprint density at radius 2 is 1.68 bits per heavy atom. The minimum Gasteiger partial charge on any atom is -0.459 e. The molecule has 1 fully saturated rings. The van der Waals surface area contributed by atoms with Gasteiger partial charge in [-0.25, -0.2) is 4.79 Å². The fourth-order valence-corrected chi connectivity index (χ4v) is 3.37. The Balaban J connectivity index is 1.62. The smallest absolute Gasteiger partial charge is 0.333 e. The van der Waals surface area contributed by atoms with E-state index in [1.807, 2.05) is 48.5 Å². The maximum atomic E-state index is 12.7. The molecule has 0 aromatic heterocycles. The van der Waals surface area contributed by atoms with Gasteiger partial charge in [0.1, 0.15) is 12.7 Å². The van der Waals surface area contributed by atoms with Gasteiger partial charge in [-0.3, -0.25) is 9.69 Å². The second-order valence-electron chi connectivity index (χ2n) is 7.45. The van der Waals surface area contributed by atoms with Crippen molar-refractivity contribution in [3.8, 4) is 0 Å². The molecule has 8 heteroatoms. The van der Waals surface area contributed by atoms with Crippen LogP contribution in [0.15, 0.2) is 60.7 Å². The second-order valence-corrected chi connectivity index (χ2v) is 7.45. The summed E-state index contributed by atoms with van der Waals surface area (Å²) in [6.07, 6.45) is -0.958. The number of hydrogen-bond donors (Lipinski definition) is 3. The number of benzene rings is 2. The van der Waals surface area contributed by atoms with Gasteiger partial charge in [-0.05, 0) is 11.1 Å². The topological polar surface area (TPSA) is 114 Å². The van der Waals surface area contributed by atoms with Crippen molar-refractivity contribution in [1.82, 2.24) is 10.2 Å². The van der Waals surface area contributed by atoms with Gasteiger partial charge in [0.2, 0.25) is 5.91 Å². The van der Waals surface area contributed by atoms with Gasteiger partial charge in [-0.1, -0.05) is 60.7 Å². The molecular weight excluding hydrogens is 398 g/mol. The van der Waals surface area contributed by atoms with E-state index in [4.69, 9.17) is 15.2 Å². The molecular formula is C23H29N3O5. The van der Waals surface area contributed by atoms with Crippen molar-refractivity contribution in [2.45, 2.75) is 24.8 Å². The Bertz CT molecular complexity index is 828. The minimum atomic E-state index is -1.49. The maximum absolute atomic E-state index is 12.7. The molecule has 1 aliphatic rings. The minimum absolute atomic E-state index is 0.0322. The summed E-state index contributed by atoms with van der Waals surface area (Å²) in [5, 5.41) is 13.6. The standard InChI is InChI=1S/C23H29N3O5/c24-20(23(29)31-16-17-7-3-1-4-8-17)22(28)25-19(15-26-11-13-30-14-12-26)21(27)18-9-5-2-6-10-18/h1-10,19-21,27H,11-16,24H2,(H,25,28)/t19-,20?,21-/m0/s1. The zero-order valence-corrected chi connectivity index (χ0v) is 17.4. The molecule has 1 heterocycles. The van der Waals surface area contributed by atoms with Crippen molar-refractivity contribution >= 4 is 11.9 Å². The molecule has 2 aromatic rings. The Labute approximate surface area is 181 Å². The Morgan fingerprint density at radius 1 is 1.06 bits per heavy atom. The average molecular weight is 428 g/mol. The number of carbonyl (C=O) groups is 2. The number of nitrogens with one attached hydrogen (secondary N) is 1. The van der Waals surface area contributed by atoms with E-state index in [-0.39, 0.29) is 6.61 Å². The van der Waals surface area contributed by atoms with Crippen LogP contribution in [-0.2, 0) is 25.7 Å². The average Bonchev–Trinajstić information content (AvgIpc) is 2.83. The first kappa shape index (κ1) is 22.9. The number of esters is 1. The number of nitrogens with zero attached hydrogens (tertiary/aromatic N) is 1. The van der Waals surface area contributed by atoms with Crippen molar-refractivity contribution in [2.75, 3.05) is 32.8 Å². The van der Waals surface area contributed by atoms with Gasteiger partial charge < -0.3 is 25.6 Å². The molecule has 31 heavy (non-hydrogen) atoms. The van der Waals surface area contributed by atoms with Crippen molar-refractivity contribution < 1.29 is 24.2 Å². The Kier molecular flexibility index (Phi) is 8.54. The van der Waals surface area contributed by atoms with Crippen LogP contribution in [0.3, 0.4) is 0 Å². The summed E-state index contributed by atoms with van der Waals surface area (Å²) in [6.45, 7) is 3.00. The highest BCUT2D eigenvalue weighted by atomic mass is 16.5. The molecule has 0 saturated carbocycles. The fraction of sp³-hybridized carbons (Fsp3) is 0.391. The lowest BCUT2D eigenvalue weighted by atomic mass is 10.0. The third kappa shape index (κ3) is 6.86. The van der Waals surface area contributed by atoms with E-state index in [1.165, 1.54) is 0 Å². The SMILES string of the molecule is NC(C(=O)N[C@@H](CN1CCOCC1)[C@@H](O)c1ccccc1)C(=O)OCc1ccccc1. The van der Waals surface area contributed by atoms with Crippen molar-refractivity contribution in [2.24, 2.45) is 5.73 Å². The highest BCUT2D eigenvalue weighted by Crippen LogP contribution is 2.18. The Morgan fingerprint density at radius 3 is 2.32 bits per heavy atom. The molecule has 0 spiro atoms. The quantitative estimate of drug-likeness (QED) is 0.397. The number of nitrogens with two attached hydrogens (primary N) is 1. The zero-order valence-electron chi connectivity index (χ0n) is 17.4. The molecule has 3 rings (SSSR count). The second kappa shape index (κ2) is 11.6. The lowest BCUT2D eigenvalue weighted by Gasteiger charge is -2.33. The summed E-state index contributed by atoms with van der Waals surface area (Å²) < 4.78 is 10.5. The molecule has 0 bridgehead atoms. The van der Waals surface area contributed by atoms with Gasteiger partial charge in [0.25, 0.3) is 0 Å². The van der Waals surface area contributed by atoms with Crippen LogP contribution in [0.5, 0.6) is 0 Å². The van der Waals surface area contributed by atoms with Crippen molar-refractivity contribution in [1.29, 1.82) is 0 Å². The van der Waals surface area contributed by atoms with Crippen LogP contribution >= 0.6 is 0 Å². The van der Waals surface area contributed by atoms with E-state index in [1.54, 1.807) is 12.1 Å². The van der Waals surface area contributed by atoms with Crippen LogP contribution in [0, 0.1) is 0 Å². The van der Waals surface area contributed by atoms with Crippen LogP contribution in [0.4, 0.5) is 0 Å². The molecule has 1 saturated heterocycles. The normalized spacial score (nSPS) is 17.4. The van der Waals surface area contributed by atoms with E-state index in [2.05, 4.69) is 10.2 Å². The van der Waals surface area contributed by atoms with Gasteiger partial charge in [-0.15, -0.1) is 0 Å². The molecule has 8 nitrogen and oxygen atoms in total. The van der Waals surface area contributed by atoms with Crippen LogP contribution in [0.1, 0.15) is 17.2 Å². The molecule has 1 unspecified atom stereocenters. The largest absolute Gasteiger partial charge is 0.459 e. The molecule has 4 N–H and O–H groups in total. The summed E-state index contributed by atoms with van der Waals surface area (Å²) in [5.41, 5.74) is 7.31. The van der Waals surface area contributed by atoms with E-state index in [0.29, 0.717) is 38.4 Å². The number of morpholine rings is 1. The third-order valence-electron chi connectivity index (χ3n) is 5.17. The van der Waals surface area contributed by atoms with Crippen LogP contribution in [0.25, 0.3) is 0 Å². The summed E-state index contributed by atoms with van der Waals surface area (Å²) >= 11 is 0. The monoisotopic (exact) mass is 427 g/mol. The molecule has 2 aromatic carbocycles. The van der Waals surface area contributed by atoms with Gasteiger partial charge in [-0.2, -0.15) is 0 Å². The predicted molar refractivity (Wildman–Crippen MR) is 115 cm³/mol. The van der Waals surface area contributed by atoms with E-state index < -0.39 is 30.1 Å². The summed E-state index contributed by atoms with van der Waals surface area (Å²) in [5.74, 6) is -1.51. The third-order valence-corrected chi connectivity index (χ3v) is 5.17. The number of aliphatic hydroxyl groups excluding tert-OH is 1. The number of aliphatic hydroxyl groups is 1. The summed E-state index contributed by atoms with van der Waals surface area (Å²) in [7, 11) is 0. The Hall–Kier alpha value is -2.78. The highest BCUT2D eigenvalue weighted by molar-refractivity contribution is 6.01. The van der Waals surface area contributed by atoms with Gasteiger partial charge in [0.05, 0.1) is 19.3 Å². The summed E-state index contributed by atoms with van der Waals surface area (Å²) in [4.78, 5) is 27.1. The number of amides is 1. The van der Waals surface area contributed by atoms with Gasteiger partial charge in [0, 0.05) is 19.6 Å². The predicted octanol–water partition coefficient (Wildman–Crippen LogP) is 0.608. The maximum Gasteiger partial charge on any atom is 0.333 e.